The molecule has 0 radical (unpaired) electrons. The minimum Gasteiger partial charge on any atom is -0.491 e. The molecule has 0 N–H and O–H groups in total. The Labute approximate surface area is 162 Å². The molecule has 0 amide bonds. The van der Waals surface area contributed by atoms with Crippen molar-refractivity contribution in [2.24, 2.45) is 5.92 Å². The third kappa shape index (κ3) is 3.55. The quantitative estimate of drug-likeness (QED) is 0.330. The largest absolute Gasteiger partial charge is 0.491 e. The van der Waals surface area contributed by atoms with Crippen molar-refractivity contribution in [2.45, 2.75) is 16.7 Å². The minimum atomic E-state index is -0.720. The minimum absolute atomic E-state index is 0.141. The Morgan fingerprint density at radius 2 is 1.81 bits per heavy atom. The summed E-state index contributed by atoms with van der Waals surface area (Å²) in [7, 11) is -0.720. The standard InChI is InChI=1S/C23H22O3S/c1-2-25-15-16-26-17-11-13-18(14-12-17)27-21-9-5-3-7-19(21)23(24)20-8-4-6-10-22(20)27/h3-14,19H,2,15-16H2,1H3/p+1. The smallest absolute Gasteiger partial charge is 0.183 e. The van der Waals surface area contributed by atoms with Gasteiger partial charge in [-0.1, -0.05) is 40.8 Å². The van der Waals surface area contributed by atoms with E-state index >= 15 is 0 Å². The number of Topliss-reactive ketones (excluding diaryl/α,β-unsaturated/α-hetero) is 1. The summed E-state index contributed by atoms with van der Waals surface area (Å²) in [5, 5.41) is 0. The van der Waals surface area contributed by atoms with E-state index < -0.39 is 10.5 Å². The highest BCUT2D eigenvalue weighted by Gasteiger charge is 2.37. The van der Waals surface area contributed by atoms with Crippen LogP contribution in [0.5, 0.6) is 5.75 Å². The zero-order valence-corrected chi connectivity index (χ0v) is 16.2. The predicted molar refractivity (Wildman–Crippen MR) is 111 cm³/mol. The SMILES string of the molecule is CCOCCOc1ccc([SH+]2=C3C=CC=CC3C(=O)c3ccccc32)cc1. The number of hydrogen-bond acceptors (Lipinski definition) is 3. The van der Waals surface area contributed by atoms with E-state index in [9.17, 15) is 4.79 Å². The van der Waals surface area contributed by atoms with Crippen molar-refractivity contribution >= 4 is 21.1 Å². The predicted octanol–water partition coefficient (Wildman–Crippen LogP) is 3.98. The Balaban J connectivity index is 1.70. The van der Waals surface area contributed by atoms with Gasteiger partial charge in [-0.05, 0) is 49.4 Å². The van der Waals surface area contributed by atoms with E-state index in [2.05, 4.69) is 24.3 Å². The average molecular weight is 380 g/mol. The lowest BCUT2D eigenvalue weighted by Crippen LogP contribution is -2.31. The van der Waals surface area contributed by atoms with Crippen molar-refractivity contribution in [1.82, 2.24) is 0 Å². The Kier molecular flexibility index (Phi) is 5.37. The first-order chi connectivity index (χ1) is 13.3. The van der Waals surface area contributed by atoms with Gasteiger partial charge in [-0.15, -0.1) is 0 Å². The molecule has 2 unspecified atom stereocenters. The number of allylic oxidation sites excluding steroid dienone is 4. The van der Waals surface area contributed by atoms with Crippen LogP contribution in [0.1, 0.15) is 17.3 Å². The maximum Gasteiger partial charge on any atom is 0.183 e. The maximum atomic E-state index is 12.9. The molecule has 27 heavy (non-hydrogen) atoms. The van der Waals surface area contributed by atoms with Crippen LogP contribution in [0.2, 0.25) is 0 Å². The van der Waals surface area contributed by atoms with E-state index in [4.69, 9.17) is 9.47 Å². The number of fused-ring (bicyclic) bond motifs is 2. The van der Waals surface area contributed by atoms with E-state index in [0.717, 1.165) is 16.2 Å². The lowest BCUT2D eigenvalue weighted by atomic mass is 9.91. The number of thiol groups is 1. The van der Waals surface area contributed by atoms with Crippen LogP contribution in [0, 0.1) is 5.92 Å². The summed E-state index contributed by atoms with van der Waals surface area (Å²) >= 11 is 0. The molecule has 4 rings (SSSR count). The molecule has 0 aromatic heterocycles. The third-order valence-electron chi connectivity index (χ3n) is 4.75. The van der Waals surface area contributed by atoms with Crippen LogP contribution >= 0.6 is 0 Å². The number of benzene rings is 2. The Morgan fingerprint density at radius 3 is 2.63 bits per heavy atom. The molecule has 4 heteroatoms. The molecule has 2 aromatic rings. The average Bonchev–Trinajstić information content (AvgIpc) is 2.72. The second-order valence-corrected chi connectivity index (χ2v) is 8.59. The molecular formula is C23H23O3S+. The number of carbonyl (C=O) groups excluding carboxylic acids is 1. The number of carbonyl (C=O) groups is 1. The molecular weight excluding hydrogens is 356 g/mol. The zero-order valence-electron chi connectivity index (χ0n) is 15.3. The molecule has 0 fully saturated rings. The molecule has 2 atom stereocenters. The van der Waals surface area contributed by atoms with Crippen molar-refractivity contribution in [1.29, 1.82) is 0 Å². The summed E-state index contributed by atoms with van der Waals surface area (Å²) in [6.45, 7) is 3.82. The monoisotopic (exact) mass is 379 g/mol. The van der Waals surface area contributed by atoms with Gasteiger partial charge in [0.15, 0.2) is 5.78 Å². The van der Waals surface area contributed by atoms with Crippen LogP contribution in [-0.2, 0) is 15.2 Å². The number of rotatable bonds is 6. The normalized spacial score (nSPS) is 20.3. The zero-order chi connectivity index (χ0) is 18.6. The molecule has 1 aliphatic carbocycles. The van der Waals surface area contributed by atoms with Crippen molar-refractivity contribution < 1.29 is 14.3 Å². The van der Waals surface area contributed by atoms with Gasteiger partial charge in [-0.2, -0.15) is 0 Å². The van der Waals surface area contributed by atoms with Crippen LogP contribution < -0.4 is 4.74 Å². The van der Waals surface area contributed by atoms with Gasteiger partial charge in [0, 0.05) is 6.61 Å². The van der Waals surface area contributed by atoms with Crippen LogP contribution in [0.4, 0.5) is 0 Å². The van der Waals surface area contributed by atoms with Crippen molar-refractivity contribution in [3.63, 3.8) is 0 Å². The molecule has 2 aliphatic rings. The highest BCUT2D eigenvalue weighted by molar-refractivity contribution is 7.97. The fraction of sp³-hybridized carbons (Fsp3) is 0.217. The van der Waals surface area contributed by atoms with Gasteiger partial charge in [-0.25, -0.2) is 0 Å². The molecule has 1 heterocycles. The first-order valence-electron chi connectivity index (χ1n) is 9.25. The van der Waals surface area contributed by atoms with E-state index in [0.29, 0.717) is 19.8 Å². The van der Waals surface area contributed by atoms with Gasteiger partial charge < -0.3 is 9.47 Å². The molecule has 0 saturated heterocycles. The maximum absolute atomic E-state index is 12.9. The van der Waals surface area contributed by atoms with E-state index in [1.807, 2.05) is 55.5 Å². The van der Waals surface area contributed by atoms with Crippen molar-refractivity contribution in [2.75, 3.05) is 19.8 Å². The lowest BCUT2D eigenvalue weighted by Gasteiger charge is -2.23. The molecule has 138 valence electrons. The molecule has 1 aliphatic heterocycles. The molecule has 0 bridgehead atoms. The summed E-state index contributed by atoms with van der Waals surface area (Å²) in [5.74, 6) is 0.907. The molecule has 2 aromatic carbocycles. The Hall–Kier alpha value is -2.43. The fourth-order valence-electron chi connectivity index (χ4n) is 3.49. The lowest BCUT2D eigenvalue weighted by molar-refractivity contribution is 0.0969. The van der Waals surface area contributed by atoms with Crippen molar-refractivity contribution in [3.8, 4) is 5.75 Å². The molecule has 0 saturated carbocycles. The van der Waals surface area contributed by atoms with Crippen LogP contribution in [-0.4, -0.2) is 30.5 Å². The number of ether oxygens (including phenoxy) is 2. The summed E-state index contributed by atoms with van der Waals surface area (Å²) in [5.41, 5.74) is 0.856. The highest BCUT2D eigenvalue weighted by atomic mass is 32.2. The summed E-state index contributed by atoms with van der Waals surface area (Å²) < 4.78 is 11.1. The molecule has 0 spiro atoms. The van der Waals surface area contributed by atoms with E-state index in [1.54, 1.807) is 0 Å². The first-order valence-corrected chi connectivity index (χ1v) is 10.6. The van der Waals surface area contributed by atoms with E-state index in [1.165, 1.54) is 9.76 Å². The fourth-order valence-corrected chi connectivity index (χ4v) is 6.17. The molecule has 3 nitrogen and oxygen atoms in total. The Morgan fingerprint density at radius 1 is 1.00 bits per heavy atom. The van der Waals surface area contributed by atoms with Crippen molar-refractivity contribution in [3.05, 3.63) is 78.4 Å². The van der Waals surface area contributed by atoms with Gasteiger partial charge in [-0.3, -0.25) is 4.79 Å². The summed E-state index contributed by atoms with van der Waals surface area (Å²) in [6.07, 6.45) is 8.15. The van der Waals surface area contributed by atoms with Gasteiger partial charge in [0.2, 0.25) is 0 Å². The first kappa shape index (κ1) is 18.0. The summed E-state index contributed by atoms with van der Waals surface area (Å²) in [6, 6.07) is 16.3. The van der Waals surface area contributed by atoms with Gasteiger partial charge in [0.1, 0.15) is 32.9 Å². The van der Waals surface area contributed by atoms with Gasteiger partial charge >= 0.3 is 0 Å². The van der Waals surface area contributed by atoms with Crippen LogP contribution in [0.3, 0.4) is 0 Å². The summed E-state index contributed by atoms with van der Waals surface area (Å²) in [4.78, 5) is 16.5. The van der Waals surface area contributed by atoms with Crippen LogP contribution in [0.25, 0.3) is 0 Å². The number of ketones is 1. The second-order valence-electron chi connectivity index (χ2n) is 6.40. The number of hydrogen-bond donors (Lipinski definition) is 0. The Bertz CT molecular complexity index is 938. The van der Waals surface area contributed by atoms with Gasteiger partial charge in [0.05, 0.1) is 12.2 Å². The van der Waals surface area contributed by atoms with Gasteiger partial charge in [0.25, 0.3) is 0 Å². The topological polar surface area (TPSA) is 35.5 Å². The van der Waals surface area contributed by atoms with Crippen LogP contribution in [0.15, 0.2) is 82.6 Å². The highest BCUT2D eigenvalue weighted by Crippen LogP contribution is 2.33. The van der Waals surface area contributed by atoms with E-state index in [-0.39, 0.29) is 11.7 Å². The second kappa shape index (κ2) is 8.07. The third-order valence-corrected chi connectivity index (χ3v) is 7.38.